The average molecular weight is 997 g/mol. The Labute approximate surface area is 406 Å². The zero-order valence-electron chi connectivity index (χ0n) is 39.0. The fourth-order valence-corrected chi connectivity index (χ4v) is 8.90. The first kappa shape index (κ1) is 49.0. The van der Waals surface area contributed by atoms with E-state index in [4.69, 9.17) is 9.47 Å². The molecule has 2 aliphatic heterocycles. The van der Waals surface area contributed by atoms with Gasteiger partial charge in [0.25, 0.3) is 0 Å². The zero-order chi connectivity index (χ0) is 50.9. The van der Waals surface area contributed by atoms with Crippen LogP contribution in [0.4, 0.5) is 35.1 Å². The van der Waals surface area contributed by atoms with E-state index >= 15 is 0 Å². The summed E-state index contributed by atoms with van der Waals surface area (Å²) >= 11 is 0. The lowest BCUT2D eigenvalue weighted by Crippen LogP contribution is -2.22. The van der Waals surface area contributed by atoms with Crippen molar-refractivity contribution >= 4 is 24.3 Å². The molecule has 6 aromatic heterocycles. The molecule has 0 aliphatic carbocycles. The molecule has 0 amide bonds. The number of methoxy groups -OCH3 is 2. The van der Waals surface area contributed by atoms with Gasteiger partial charge in [0.1, 0.15) is 34.7 Å². The summed E-state index contributed by atoms with van der Waals surface area (Å²) in [5, 5.41) is 8.83. The van der Waals surface area contributed by atoms with E-state index in [2.05, 4.69) is 40.1 Å². The van der Waals surface area contributed by atoms with E-state index < -0.39 is 46.9 Å². The number of hydrogen-bond donors (Lipinski definition) is 0. The lowest BCUT2D eigenvalue weighted by molar-refractivity contribution is -0.139. The molecule has 22 heteroatoms. The number of aromatic nitrogens is 12. The van der Waals surface area contributed by atoms with Gasteiger partial charge in [-0.2, -0.15) is 36.5 Å². The molecule has 0 saturated heterocycles. The van der Waals surface area contributed by atoms with Gasteiger partial charge in [0, 0.05) is 48.4 Å². The molecule has 2 atom stereocenters. The fraction of sp³-hybridized carbons (Fsp3) is 0.280. The highest BCUT2D eigenvalue weighted by Gasteiger charge is 2.41. The van der Waals surface area contributed by atoms with Crippen molar-refractivity contribution in [1.29, 1.82) is 0 Å². The molecule has 0 saturated carbocycles. The maximum atomic E-state index is 14.7. The van der Waals surface area contributed by atoms with Crippen molar-refractivity contribution in [3.05, 3.63) is 166 Å². The number of nitrogens with zero attached hydrogens (tertiary/aromatic N) is 12. The molecule has 14 nitrogen and oxygen atoms in total. The number of rotatable bonds is 10. The van der Waals surface area contributed by atoms with Crippen molar-refractivity contribution in [2.24, 2.45) is 0 Å². The van der Waals surface area contributed by atoms with Crippen LogP contribution in [0.2, 0.25) is 0 Å². The average Bonchev–Trinajstić information content (AvgIpc) is 4.19. The van der Waals surface area contributed by atoms with Crippen molar-refractivity contribution in [3.8, 4) is 23.1 Å². The third-order valence-electron chi connectivity index (χ3n) is 12.1. The van der Waals surface area contributed by atoms with Crippen LogP contribution >= 0.6 is 0 Å². The van der Waals surface area contributed by atoms with Crippen LogP contribution in [0.1, 0.15) is 106 Å². The molecule has 0 unspecified atom stereocenters. The maximum Gasteiger partial charge on any atom is 0.416 e. The molecule has 8 heterocycles. The van der Waals surface area contributed by atoms with E-state index in [9.17, 15) is 35.1 Å². The second-order valence-electron chi connectivity index (χ2n) is 16.9. The van der Waals surface area contributed by atoms with Gasteiger partial charge in [0.05, 0.1) is 60.8 Å². The summed E-state index contributed by atoms with van der Waals surface area (Å²) in [7, 11) is 3.04. The smallest absolute Gasteiger partial charge is 0.416 e. The molecule has 0 radical (unpaired) electrons. The minimum Gasteiger partial charge on any atom is -0.479 e. The summed E-state index contributed by atoms with van der Waals surface area (Å²) in [6.07, 6.45) is 6.12. The molecular weight excluding hydrogens is 953 g/mol. The predicted octanol–water partition coefficient (Wildman–Crippen LogP) is 10.9. The van der Waals surface area contributed by atoms with Gasteiger partial charge in [-0.25, -0.2) is 48.0 Å². The topological polar surface area (TPSA) is 141 Å². The quantitative estimate of drug-likeness (QED) is 0.122. The minimum absolute atomic E-state index is 0.303. The SMILES string of the molecule is COc1nc(/C=C/c2nc3n(n2)CCC[C@@H]3c2c(F)cccc2C(F)(F)F)ccc1-n1cnc(C)c1.COc1nc(/C=C/c2nc3n(n2)CCC[C@H]3c2c(F)cccc2C(F)(F)F)ccc1-n1cnc(C)c1. The Morgan fingerprint density at radius 2 is 0.972 bits per heavy atom. The number of alkyl halides is 6. The van der Waals surface area contributed by atoms with E-state index in [0.717, 1.165) is 59.2 Å². The number of hydrogen-bond acceptors (Lipinski definition) is 10. The number of aryl methyl sites for hydroxylation is 4. The molecule has 2 aromatic carbocycles. The first-order valence-electron chi connectivity index (χ1n) is 22.6. The zero-order valence-corrected chi connectivity index (χ0v) is 39.0. The molecule has 0 spiro atoms. The molecule has 10 rings (SSSR count). The van der Waals surface area contributed by atoms with Gasteiger partial charge in [0.15, 0.2) is 11.6 Å². The van der Waals surface area contributed by atoms with Crippen LogP contribution in [-0.4, -0.2) is 72.8 Å². The molecule has 372 valence electrons. The van der Waals surface area contributed by atoms with Gasteiger partial charge < -0.3 is 18.6 Å². The molecule has 72 heavy (non-hydrogen) atoms. The molecule has 8 aromatic rings. The van der Waals surface area contributed by atoms with Crippen molar-refractivity contribution in [2.45, 2.75) is 76.8 Å². The summed E-state index contributed by atoms with van der Waals surface area (Å²) < 4.78 is 129. The Morgan fingerprint density at radius 3 is 1.33 bits per heavy atom. The highest BCUT2D eigenvalue weighted by molar-refractivity contribution is 5.67. The largest absolute Gasteiger partial charge is 0.479 e. The van der Waals surface area contributed by atoms with E-state index in [1.54, 1.807) is 67.6 Å². The third-order valence-corrected chi connectivity index (χ3v) is 12.1. The van der Waals surface area contributed by atoms with E-state index in [-0.39, 0.29) is 11.1 Å². The van der Waals surface area contributed by atoms with Crippen LogP contribution in [0.5, 0.6) is 11.8 Å². The van der Waals surface area contributed by atoms with Gasteiger partial charge in [-0.3, -0.25) is 0 Å². The lowest BCUT2D eigenvalue weighted by Gasteiger charge is -2.25. The Morgan fingerprint density at radius 1 is 0.556 bits per heavy atom. The molecule has 2 aliphatic rings. The molecule has 0 bridgehead atoms. The highest BCUT2D eigenvalue weighted by atomic mass is 19.4. The van der Waals surface area contributed by atoms with Crippen LogP contribution < -0.4 is 9.47 Å². The van der Waals surface area contributed by atoms with Crippen LogP contribution in [0.15, 0.2) is 85.7 Å². The van der Waals surface area contributed by atoms with Crippen molar-refractivity contribution < 1.29 is 44.6 Å². The van der Waals surface area contributed by atoms with Crippen molar-refractivity contribution in [3.63, 3.8) is 0 Å². The van der Waals surface area contributed by atoms with Gasteiger partial charge in [0.2, 0.25) is 11.8 Å². The first-order valence-corrected chi connectivity index (χ1v) is 22.6. The van der Waals surface area contributed by atoms with Gasteiger partial charge in [-0.05, 0) is 112 Å². The normalized spacial score (nSPS) is 15.9. The van der Waals surface area contributed by atoms with Gasteiger partial charge >= 0.3 is 12.4 Å². The number of pyridine rings is 2. The van der Waals surface area contributed by atoms with Crippen molar-refractivity contribution in [2.75, 3.05) is 14.2 Å². The second-order valence-corrected chi connectivity index (χ2v) is 16.9. The van der Waals surface area contributed by atoms with Gasteiger partial charge in [-0.15, -0.1) is 0 Å². The Bertz CT molecular complexity index is 3100. The summed E-state index contributed by atoms with van der Waals surface area (Å²) in [6.45, 7) is 4.75. The lowest BCUT2D eigenvalue weighted by atomic mass is 9.87. The van der Waals surface area contributed by atoms with Gasteiger partial charge in [-0.1, -0.05) is 12.1 Å². The summed E-state index contributed by atoms with van der Waals surface area (Å²) in [4.78, 5) is 26.3. The Balaban J connectivity index is 0.000000178. The first-order chi connectivity index (χ1) is 34.5. The number of benzene rings is 2. The molecular formula is C50H44F8N12O2. The molecule has 0 N–H and O–H groups in total. The standard InChI is InChI=1S/2C25H22F4N6O/c2*1-15-13-34(14-30-15)20-10-8-16(31-24(20)36-2)9-11-21-32-23-17(5-4-12-35(23)33-21)22-18(25(27,28)29)6-3-7-19(22)26/h2*3,6-11,13-14,17H,4-5,12H2,1-2H3/b2*11-9+/t2*17-/m10/s1. The van der Waals surface area contributed by atoms with Crippen LogP contribution in [0, 0.1) is 25.5 Å². The second kappa shape index (κ2) is 20.0. The van der Waals surface area contributed by atoms with Crippen LogP contribution in [0.3, 0.4) is 0 Å². The molecule has 0 fully saturated rings. The number of ether oxygens (including phenoxy) is 2. The number of fused-ring (bicyclic) bond motifs is 2. The highest BCUT2D eigenvalue weighted by Crippen LogP contribution is 2.43. The van der Waals surface area contributed by atoms with E-state index in [1.807, 2.05) is 38.4 Å². The number of imidazole rings is 2. The van der Waals surface area contributed by atoms with Crippen LogP contribution in [-0.2, 0) is 25.4 Å². The Kier molecular flexibility index (Phi) is 13.6. The monoisotopic (exact) mass is 996 g/mol. The predicted molar refractivity (Wildman–Crippen MR) is 248 cm³/mol. The summed E-state index contributed by atoms with van der Waals surface area (Å²) in [6, 6.07) is 13.3. The fourth-order valence-electron chi connectivity index (χ4n) is 8.90. The van der Waals surface area contributed by atoms with E-state index in [0.29, 0.717) is 85.2 Å². The maximum absolute atomic E-state index is 14.7. The Hall–Kier alpha value is -8.04. The summed E-state index contributed by atoms with van der Waals surface area (Å²) in [5.41, 5.74) is 1.57. The van der Waals surface area contributed by atoms with Crippen molar-refractivity contribution in [1.82, 2.24) is 58.6 Å². The van der Waals surface area contributed by atoms with E-state index in [1.165, 1.54) is 14.2 Å². The summed E-state index contributed by atoms with van der Waals surface area (Å²) in [5.74, 6) is -1.46. The number of halogens is 8. The third kappa shape index (κ3) is 10.2. The van der Waals surface area contributed by atoms with Crippen LogP contribution in [0.25, 0.3) is 35.7 Å². The minimum atomic E-state index is -4.67.